The van der Waals surface area contributed by atoms with E-state index >= 15 is 0 Å². The summed E-state index contributed by atoms with van der Waals surface area (Å²) in [5, 5.41) is 4.65. The second-order valence-electron chi connectivity index (χ2n) is 8.07. The van der Waals surface area contributed by atoms with E-state index in [0.717, 1.165) is 61.4 Å². The second-order valence-corrected chi connectivity index (χ2v) is 8.07. The van der Waals surface area contributed by atoms with Crippen LogP contribution in [0.15, 0.2) is 45.9 Å². The number of aryl methyl sites for hydroxylation is 1. The Hall–Kier alpha value is -2.64. The molecule has 0 radical (unpaired) electrons. The van der Waals surface area contributed by atoms with Gasteiger partial charge in [0.1, 0.15) is 23.8 Å². The Bertz CT molecular complexity index is 1010. The van der Waals surface area contributed by atoms with Gasteiger partial charge in [-0.2, -0.15) is 0 Å². The molecule has 1 aromatic carbocycles. The van der Waals surface area contributed by atoms with Crippen molar-refractivity contribution >= 4 is 11.0 Å². The fraction of sp³-hybridized carbons (Fsp3) is 0.478. The number of likely N-dealkylation sites (tertiary alicyclic amines) is 1. The van der Waals surface area contributed by atoms with Gasteiger partial charge in [0, 0.05) is 55.1 Å². The van der Waals surface area contributed by atoms with Crippen molar-refractivity contribution in [2.75, 3.05) is 19.7 Å². The number of rotatable bonds is 8. The molecule has 1 fully saturated rings. The van der Waals surface area contributed by atoms with Crippen LogP contribution in [-0.4, -0.2) is 46.6 Å². The molecule has 0 saturated carbocycles. The minimum Gasteiger partial charge on any atom is -0.492 e. The van der Waals surface area contributed by atoms with Gasteiger partial charge in [-0.15, -0.1) is 0 Å². The average Bonchev–Trinajstić information content (AvgIpc) is 3.26. The Kier molecular flexibility index (Phi) is 6.50. The summed E-state index contributed by atoms with van der Waals surface area (Å²) in [6.07, 6.45) is 6.70. The Morgan fingerprint density at radius 2 is 2.17 bits per heavy atom. The molecule has 3 heterocycles. The summed E-state index contributed by atoms with van der Waals surface area (Å²) in [4.78, 5) is 21.7. The lowest BCUT2D eigenvalue weighted by atomic mass is 10.0. The van der Waals surface area contributed by atoms with Crippen LogP contribution < -0.4 is 15.7 Å². The zero-order valence-corrected chi connectivity index (χ0v) is 17.7. The van der Waals surface area contributed by atoms with E-state index in [-0.39, 0.29) is 11.7 Å². The lowest BCUT2D eigenvalue weighted by Gasteiger charge is -2.33. The molecule has 2 aromatic heterocycles. The summed E-state index contributed by atoms with van der Waals surface area (Å²) in [6.45, 7) is 7.76. The van der Waals surface area contributed by atoms with Gasteiger partial charge in [-0.25, -0.2) is 9.78 Å². The van der Waals surface area contributed by atoms with Crippen molar-refractivity contribution in [2.45, 2.75) is 51.7 Å². The molecule has 0 aliphatic carbocycles. The van der Waals surface area contributed by atoms with Gasteiger partial charge < -0.3 is 19.5 Å². The number of imidazole rings is 1. The fourth-order valence-corrected chi connectivity index (χ4v) is 4.12. The number of nitrogens with zero attached hydrogens (tertiary/aromatic N) is 2. The van der Waals surface area contributed by atoms with Crippen molar-refractivity contribution in [1.29, 1.82) is 0 Å². The minimum absolute atomic E-state index is 0.233. The van der Waals surface area contributed by atoms with E-state index in [0.29, 0.717) is 18.2 Å². The van der Waals surface area contributed by atoms with Crippen LogP contribution in [0.5, 0.6) is 5.75 Å². The molecule has 1 unspecified atom stereocenters. The molecule has 1 aliphatic heterocycles. The SMILES string of the molecule is CCc1cc(=O)oc2cc(OCC(C)NC3CCN(Cc4ncc[nH]4)CC3)ccc12. The molecule has 30 heavy (non-hydrogen) atoms. The molecule has 3 aromatic rings. The number of hydrogen-bond donors (Lipinski definition) is 2. The summed E-state index contributed by atoms with van der Waals surface area (Å²) >= 11 is 0. The minimum atomic E-state index is -0.315. The standard InChI is InChI=1S/C23H30N4O3/c1-3-17-12-23(28)30-21-13-19(4-5-20(17)21)29-15-16(2)26-18-6-10-27(11-7-18)14-22-24-8-9-25-22/h4-5,8-9,12-13,16,18,26H,3,6-7,10-11,14-15H2,1-2H3,(H,24,25). The van der Waals surface area contributed by atoms with Gasteiger partial charge in [0.25, 0.3) is 0 Å². The Morgan fingerprint density at radius 3 is 2.90 bits per heavy atom. The van der Waals surface area contributed by atoms with Gasteiger partial charge in [0.15, 0.2) is 0 Å². The lowest BCUT2D eigenvalue weighted by molar-refractivity contribution is 0.172. The molecule has 2 N–H and O–H groups in total. The highest BCUT2D eigenvalue weighted by molar-refractivity contribution is 5.81. The molecule has 7 nitrogen and oxygen atoms in total. The molecule has 0 spiro atoms. The Balaban J connectivity index is 1.26. The highest BCUT2D eigenvalue weighted by Crippen LogP contribution is 2.23. The highest BCUT2D eigenvalue weighted by Gasteiger charge is 2.21. The number of hydrogen-bond acceptors (Lipinski definition) is 6. The second kappa shape index (κ2) is 9.45. The van der Waals surface area contributed by atoms with Crippen LogP contribution in [0.2, 0.25) is 0 Å². The third-order valence-corrected chi connectivity index (χ3v) is 5.72. The number of H-pyrrole nitrogens is 1. The summed E-state index contributed by atoms with van der Waals surface area (Å²) in [7, 11) is 0. The third-order valence-electron chi connectivity index (χ3n) is 5.72. The zero-order chi connectivity index (χ0) is 20.9. The van der Waals surface area contributed by atoms with Crippen LogP contribution in [0.4, 0.5) is 0 Å². The number of benzene rings is 1. The maximum absolute atomic E-state index is 11.7. The molecule has 1 atom stereocenters. The lowest BCUT2D eigenvalue weighted by Crippen LogP contribution is -2.46. The fourth-order valence-electron chi connectivity index (χ4n) is 4.12. The quantitative estimate of drug-likeness (QED) is 0.555. The van der Waals surface area contributed by atoms with Gasteiger partial charge in [-0.05, 0) is 43.9 Å². The van der Waals surface area contributed by atoms with E-state index in [4.69, 9.17) is 9.15 Å². The van der Waals surface area contributed by atoms with Crippen molar-refractivity contribution in [3.05, 3.63) is 58.5 Å². The van der Waals surface area contributed by atoms with Crippen LogP contribution in [0, 0.1) is 0 Å². The van der Waals surface area contributed by atoms with Gasteiger partial charge in [-0.3, -0.25) is 4.90 Å². The van der Waals surface area contributed by atoms with Crippen molar-refractivity contribution in [2.24, 2.45) is 0 Å². The normalized spacial score (nSPS) is 16.7. The number of aromatic nitrogens is 2. The van der Waals surface area contributed by atoms with E-state index < -0.39 is 0 Å². The number of piperidine rings is 1. The van der Waals surface area contributed by atoms with E-state index in [1.165, 1.54) is 0 Å². The summed E-state index contributed by atoms with van der Waals surface area (Å²) in [6, 6.07) is 8.03. The van der Waals surface area contributed by atoms with Gasteiger partial charge in [0.05, 0.1) is 6.54 Å². The third kappa shape index (κ3) is 5.09. The molecule has 0 amide bonds. The Morgan fingerprint density at radius 1 is 1.33 bits per heavy atom. The largest absolute Gasteiger partial charge is 0.492 e. The maximum atomic E-state index is 11.7. The maximum Gasteiger partial charge on any atom is 0.336 e. The molecular weight excluding hydrogens is 380 g/mol. The number of ether oxygens (including phenoxy) is 1. The van der Waals surface area contributed by atoms with E-state index in [1.807, 2.05) is 31.3 Å². The number of nitrogens with one attached hydrogen (secondary N) is 2. The van der Waals surface area contributed by atoms with Crippen LogP contribution in [-0.2, 0) is 13.0 Å². The van der Waals surface area contributed by atoms with Gasteiger partial charge >= 0.3 is 5.63 Å². The molecule has 0 bridgehead atoms. The molecule has 160 valence electrons. The van der Waals surface area contributed by atoms with Crippen LogP contribution in [0.3, 0.4) is 0 Å². The Labute approximate surface area is 176 Å². The smallest absolute Gasteiger partial charge is 0.336 e. The van der Waals surface area contributed by atoms with Crippen molar-refractivity contribution < 1.29 is 9.15 Å². The van der Waals surface area contributed by atoms with E-state index in [9.17, 15) is 4.79 Å². The molecule has 7 heteroatoms. The van der Waals surface area contributed by atoms with Gasteiger partial charge in [-0.1, -0.05) is 6.92 Å². The molecule has 1 saturated heterocycles. The first-order valence-corrected chi connectivity index (χ1v) is 10.8. The van der Waals surface area contributed by atoms with E-state index in [2.05, 4.69) is 27.1 Å². The molecule has 1 aliphatic rings. The topological polar surface area (TPSA) is 83.4 Å². The first-order chi connectivity index (χ1) is 14.6. The number of aromatic amines is 1. The molecule has 4 rings (SSSR count). The van der Waals surface area contributed by atoms with Crippen molar-refractivity contribution in [1.82, 2.24) is 20.2 Å². The van der Waals surface area contributed by atoms with Crippen molar-refractivity contribution in [3.63, 3.8) is 0 Å². The number of fused-ring (bicyclic) bond motifs is 1. The van der Waals surface area contributed by atoms with Crippen LogP contribution >= 0.6 is 0 Å². The van der Waals surface area contributed by atoms with Crippen LogP contribution in [0.25, 0.3) is 11.0 Å². The van der Waals surface area contributed by atoms with E-state index in [1.54, 1.807) is 12.3 Å². The summed E-state index contributed by atoms with van der Waals surface area (Å²) < 4.78 is 11.3. The van der Waals surface area contributed by atoms with Crippen molar-refractivity contribution in [3.8, 4) is 5.75 Å². The first kappa shape index (κ1) is 20.6. The van der Waals surface area contributed by atoms with Crippen LogP contribution in [0.1, 0.15) is 38.1 Å². The predicted octanol–water partition coefficient (Wildman–Crippen LogP) is 3.10. The van der Waals surface area contributed by atoms with Gasteiger partial charge in [0.2, 0.25) is 0 Å². The highest BCUT2D eigenvalue weighted by atomic mass is 16.5. The summed E-state index contributed by atoms with van der Waals surface area (Å²) in [5.74, 6) is 1.75. The monoisotopic (exact) mass is 410 g/mol. The summed E-state index contributed by atoms with van der Waals surface area (Å²) in [5.41, 5.74) is 1.27. The zero-order valence-electron chi connectivity index (χ0n) is 17.7. The first-order valence-electron chi connectivity index (χ1n) is 10.8. The average molecular weight is 411 g/mol. The molecular formula is C23H30N4O3. The predicted molar refractivity (Wildman–Crippen MR) is 117 cm³/mol.